The van der Waals surface area contributed by atoms with Crippen molar-refractivity contribution in [3.8, 4) is 6.07 Å². The van der Waals surface area contributed by atoms with Gasteiger partial charge in [-0.1, -0.05) is 35.0 Å². The number of nitriles is 1. The first-order valence-corrected chi connectivity index (χ1v) is 5.50. The Hall–Kier alpha value is -0.810. The third kappa shape index (κ3) is 1.99. The van der Waals surface area contributed by atoms with E-state index < -0.39 is 0 Å². The number of halogens is 1. The van der Waals surface area contributed by atoms with E-state index in [-0.39, 0.29) is 5.41 Å². The van der Waals surface area contributed by atoms with Crippen LogP contribution in [-0.2, 0) is 5.41 Å². The Bertz CT molecular complexity index is 378. The van der Waals surface area contributed by atoms with Gasteiger partial charge in [-0.2, -0.15) is 5.26 Å². The van der Waals surface area contributed by atoms with Crippen LogP contribution in [0, 0.1) is 18.3 Å². The standard InChI is InChI=1S/C12H14BrN/c1-4-12(3,8-14)10-6-5-9(2)7-11(10)13/h5-7H,4H2,1-3H3. The van der Waals surface area contributed by atoms with Gasteiger partial charge >= 0.3 is 0 Å². The second-order valence-corrected chi connectivity index (χ2v) is 4.64. The molecular formula is C12H14BrN. The van der Waals surface area contributed by atoms with Gasteiger partial charge in [0, 0.05) is 4.47 Å². The first-order valence-electron chi connectivity index (χ1n) is 4.71. The smallest absolute Gasteiger partial charge is 0.0802 e. The van der Waals surface area contributed by atoms with Crippen molar-refractivity contribution < 1.29 is 0 Å². The van der Waals surface area contributed by atoms with Crippen LogP contribution in [0.25, 0.3) is 0 Å². The Balaban J connectivity index is 3.26. The molecule has 14 heavy (non-hydrogen) atoms. The van der Waals surface area contributed by atoms with E-state index >= 15 is 0 Å². The maximum Gasteiger partial charge on any atom is 0.0802 e. The van der Waals surface area contributed by atoms with Gasteiger partial charge in [-0.05, 0) is 37.5 Å². The molecule has 0 aliphatic heterocycles. The highest BCUT2D eigenvalue weighted by atomic mass is 79.9. The Morgan fingerprint density at radius 3 is 2.57 bits per heavy atom. The van der Waals surface area contributed by atoms with Crippen LogP contribution < -0.4 is 0 Å². The molecule has 0 spiro atoms. The molecule has 0 aliphatic rings. The number of hydrogen-bond donors (Lipinski definition) is 0. The largest absolute Gasteiger partial charge is 0.197 e. The number of hydrogen-bond acceptors (Lipinski definition) is 1. The topological polar surface area (TPSA) is 23.8 Å². The molecule has 2 heteroatoms. The van der Waals surface area contributed by atoms with E-state index in [1.807, 2.05) is 32.9 Å². The van der Waals surface area contributed by atoms with E-state index in [9.17, 15) is 0 Å². The molecule has 0 amide bonds. The highest BCUT2D eigenvalue weighted by Gasteiger charge is 2.26. The number of benzene rings is 1. The molecule has 0 N–H and O–H groups in total. The lowest BCUT2D eigenvalue weighted by molar-refractivity contribution is 0.584. The Morgan fingerprint density at radius 1 is 1.50 bits per heavy atom. The summed E-state index contributed by atoms with van der Waals surface area (Å²) in [5.74, 6) is 0. The summed E-state index contributed by atoms with van der Waals surface area (Å²) in [6.45, 7) is 6.06. The zero-order valence-electron chi connectivity index (χ0n) is 8.76. The predicted octanol–water partition coefficient (Wildman–Crippen LogP) is 3.95. The Morgan fingerprint density at radius 2 is 2.14 bits per heavy atom. The Labute approximate surface area is 93.9 Å². The highest BCUT2D eigenvalue weighted by Crippen LogP contribution is 2.32. The fourth-order valence-corrected chi connectivity index (χ4v) is 2.33. The van der Waals surface area contributed by atoms with Crippen LogP contribution in [0.1, 0.15) is 31.4 Å². The molecule has 0 saturated heterocycles. The van der Waals surface area contributed by atoms with Crippen molar-refractivity contribution in [3.63, 3.8) is 0 Å². The average Bonchev–Trinajstić information content (AvgIpc) is 2.17. The lowest BCUT2D eigenvalue weighted by atomic mass is 9.81. The summed E-state index contributed by atoms with van der Waals surface area (Å²) in [4.78, 5) is 0. The van der Waals surface area contributed by atoms with Crippen LogP contribution in [0.15, 0.2) is 22.7 Å². The normalized spacial score (nSPS) is 14.5. The number of nitrogens with zero attached hydrogens (tertiary/aromatic N) is 1. The molecule has 1 aromatic rings. The van der Waals surface area contributed by atoms with Crippen molar-refractivity contribution in [2.75, 3.05) is 0 Å². The van der Waals surface area contributed by atoms with Gasteiger partial charge in [0.15, 0.2) is 0 Å². The summed E-state index contributed by atoms with van der Waals surface area (Å²) in [7, 11) is 0. The molecule has 0 aliphatic carbocycles. The minimum absolute atomic E-state index is 0.382. The van der Waals surface area contributed by atoms with Crippen LogP contribution in [-0.4, -0.2) is 0 Å². The summed E-state index contributed by atoms with van der Waals surface area (Å²) in [6, 6.07) is 8.51. The average molecular weight is 252 g/mol. The molecule has 0 saturated carbocycles. The molecule has 1 nitrogen and oxygen atoms in total. The van der Waals surface area contributed by atoms with E-state index in [0.29, 0.717) is 0 Å². The van der Waals surface area contributed by atoms with Crippen LogP contribution in [0.4, 0.5) is 0 Å². The molecular weight excluding hydrogens is 238 g/mol. The van der Waals surface area contributed by atoms with Gasteiger partial charge in [0.1, 0.15) is 0 Å². The maximum absolute atomic E-state index is 9.16. The lowest BCUT2D eigenvalue weighted by Gasteiger charge is -2.21. The Kier molecular flexibility index (Phi) is 3.34. The van der Waals surface area contributed by atoms with Crippen molar-refractivity contribution in [1.29, 1.82) is 5.26 Å². The van der Waals surface area contributed by atoms with Gasteiger partial charge in [-0.15, -0.1) is 0 Å². The van der Waals surface area contributed by atoms with Gasteiger partial charge in [0.2, 0.25) is 0 Å². The van der Waals surface area contributed by atoms with Crippen molar-refractivity contribution in [2.45, 2.75) is 32.6 Å². The fourth-order valence-electron chi connectivity index (χ4n) is 1.40. The van der Waals surface area contributed by atoms with Crippen LogP contribution in [0.2, 0.25) is 0 Å². The summed E-state index contributed by atoms with van der Waals surface area (Å²) in [5, 5.41) is 9.16. The quantitative estimate of drug-likeness (QED) is 0.781. The summed E-state index contributed by atoms with van der Waals surface area (Å²) in [5.41, 5.74) is 1.90. The molecule has 0 heterocycles. The van der Waals surface area contributed by atoms with E-state index in [0.717, 1.165) is 16.5 Å². The maximum atomic E-state index is 9.16. The van der Waals surface area contributed by atoms with Crippen LogP contribution in [0.3, 0.4) is 0 Å². The highest BCUT2D eigenvalue weighted by molar-refractivity contribution is 9.10. The molecule has 74 valence electrons. The zero-order chi connectivity index (χ0) is 10.8. The summed E-state index contributed by atoms with van der Waals surface area (Å²) >= 11 is 3.51. The fraction of sp³-hybridized carbons (Fsp3) is 0.417. The van der Waals surface area contributed by atoms with Crippen molar-refractivity contribution in [2.24, 2.45) is 0 Å². The zero-order valence-corrected chi connectivity index (χ0v) is 10.4. The SMILES string of the molecule is CCC(C)(C#N)c1ccc(C)cc1Br. The second kappa shape index (κ2) is 4.14. The predicted molar refractivity (Wildman–Crippen MR) is 62.1 cm³/mol. The molecule has 0 bridgehead atoms. The van der Waals surface area contributed by atoms with Gasteiger partial charge < -0.3 is 0 Å². The van der Waals surface area contributed by atoms with Crippen molar-refractivity contribution in [3.05, 3.63) is 33.8 Å². The van der Waals surface area contributed by atoms with Crippen molar-refractivity contribution in [1.82, 2.24) is 0 Å². The van der Waals surface area contributed by atoms with Gasteiger partial charge in [-0.3, -0.25) is 0 Å². The van der Waals surface area contributed by atoms with E-state index in [1.165, 1.54) is 5.56 Å². The van der Waals surface area contributed by atoms with E-state index in [2.05, 4.69) is 28.1 Å². The molecule has 1 aromatic carbocycles. The molecule has 1 atom stereocenters. The van der Waals surface area contributed by atoms with E-state index in [1.54, 1.807) is 0 Å². The molecule has 0 aromatic heterocycles. The summed E-state index contributed by atoms with van der Waals surface area (Å²) < 4.78 is 1.03. The second-order valence-electron chi connectivity index (χ2n) is 3.78. The molecule has 1 rings (SSSR count). The third-order valence-electron chi connectivity index (χ3n) is 2.67. The lowest BCUT2D eigenvalue weighted by Crippen LogP contribution is -2.18. The van der Waals surface area contributed by atoms with Crippen LogP contribution >= 0.6 is 15.9 Å². The van der Waals surface area contributed by atoms with Gasteiger partial charge in [0.05, 0.1) is 11.5 Å². The first kappa shape index (κ1) is 11.3. The van der Waals surface area contributed by atoms with Crippen LogP contribution in [0.5, 0.6) is 0 Å². The minimum Gasteiger partial charge on any atom is -0.197 e. The molecule has 0 fully saturated rings. The number of aryl methyl sites for hydroxylation is 1. The monoisotopic (exact) mass is 251 g/mol. The minimum atomic E-state index is -0.382. The summed E-state index contributed by atoms with van der Waals surface area (Å²) in [6.07, 6.45) is 0.825. The van der Waals surface area contributed by atoms with E-state index in [4.69, 9.17) is 5.26 Å². The first-order chi connectivity index (χ1) is 6.53. The van der Waals surface area contributed by atoms with Crippen molar-refractivity contribution >= 4 is 15.9 Å². The molecule has 1 unspecified atom stereocenters. The molecule has 0 radical (unpaired) electrons. The van der Waals surface area contributed by atoms with Gasteiger partial charge in [0.25, 0.3) is 0 Å². The van der Waals surface area contributed by atoms with Gasteiger partial charge in [-0.25, -0.2) is 0 Å². The number of rotatable bonds is 2. The third-order valence-corrected chi connectivity index (χ3v) is 3.33.